The van der Waals surface area contributed by atoms with E-state index in [2.05, 4.69) is 29.2 Å². The molecule has 0 bridgehead atoms. The fourth-order valence-corrected chi connectivity index (χ4v) is 1.39. The Kier molecular flexibility index (Phi) is 4.98. The molecule has 0 spiro atoms. The van der Waals surface area contributed by atoms with Crippen LogP contribution in [0.25, 0.3) is 0 Å². The maximum absolute atomic E-state index is 5.58. The van der Waals surface area contributed by atoms with Crippen LogP contribution in [-0.4, -0.2) is 16.6 Å². The van der Waals surface area contributed by atoms with Crippen LogP contribution in [0, 0.1) is 12.8 Å². The van der Waals surface area contributed by atoms with E-state index in [1.165, 1.54) is 6.33 Å². The van der Waals surface area contributed by atoms with Crippen LogP contribution in [0.2, 0.25) is 0 Å². The first-order valence-corrected chi connectivity index (χ1v) is 5.56. The number of nitrogens with two attached hydrogens (primary N) is 1. The van der Waals surface area contributed by atoms with Gasteiger partial charge >= 0.3 is 0 Å². The van der Waals surface area contributed by atoms with Crippen molar-refractivity contribution in [2.75, 3.05) is 12.0 Å². The van der Waals surface area contributed by atoms with Crippen molar-refractivity contribution in [1.29, 1.82) is 0 Å². The van der Waals surface area contributed by atoms with E-state index >= 15 is 0 Å². The van der Waals surface area contributed by atoms with Crippen molar-refractivity contribution in [3.8, 4) is 5.88 Å². The molecule has 1 heterocycles. The first-order chi connectivity index (χ1) is 7.65. The number of nitrogen functional groups attached to an aromatic ring is 1. The van der Waals surface area contributed by atoms with Crippen LogP contribution in [0.5, 0.6) is 5.88 Å². The summed E-state index contributed by atoms with van der Waals surface area (Å²) in [6, 6.07) is 0. The molecule has 3 N–H and O–H groups in total. The number of hydrogen-bond donors (Lipinski definition) is 2. The molecule has 0 unspecified atom stereocenters. The second kappa shape index (κ2) is 6.27. The Morgan fingerprint density at radius 1 is 1.44 bits per heavy atom. The van der Waals surface area contributed by atoms with E-state index in [1.54, 1.807) is 0 Å². The van der Waals surface area contributed by atoms with E-state index in [4.69, 9.17) is 10.6 Å². The molecule has 0 aliphatic carbocycles. The summed E-state index contributed by atoms with van der Waals surface area (Å²) < 4.78 is 5.58. The summed E-state index contributed by atoms with van der Waals surface area (Å²) in [5.41, 5.74) is 3.36. The van der Waals surface area contributed by atoms with Crippen LogP contribution in [-0.2, 0) is 0 Å². The second-order valence-corrected chi connectivity index (χ2v) is 4.18. The molecule has 5 nitrogen and oxygen atoms in total. The molecule has 0 saturated heterocycles. The normalized spacial score (nSPS) is 10.6. The van der Waals surface area contributed by atoms with Gasteiger partial charge in [-0.15, -0.1) is 0 Å². The molecule has 90 valence electrons. The lowest BCUT2D eigenvalue weighted by Crippen LogP contribution is -2.12. The minimum absolute atomic E-state index is 0.603. The number of nitrogens with zero attached hydrogens (tertiary/aromatic N) is 2. The average Bonchev–Trinajstić information content (AvgIpc) is 2.26. The number of aromatic nitrogens is 2. The van der Waals surface area contributed by atoms with Gasteiger partial charge in [-0.25, -0.2) is 15.8 Å². The highest BCUT2D eigenvalue weighted by Gasteiger charge is 2.06. The van der Waals surface area contributed by atoms with Gasteiger partial charge in [0, 0.05) is 0 Å². The number of nitrogens with one attached hydrogen (secondary N) is 1. The van der Waals surface area contributed by atoms with E-state index in [9.17, 15) is 0 Å². The molecule has 0 aliphatic heterocycles. The minimum Gasteiger partial charge on any atom is -0.477 e. The van der Waals surface area contributed by atoms with E-state index in [0.29, 0.717) is 24.2 Å². The number of ether oxygens (including phenoxy) is 1. The predicted molar refractivity (Wildman–Crippen MR) is 64.1 cm³/mol. The van der Waals surface area contributed by atoms with Gasteiger partial charge in [-0.2, -0.15) is 0 Å². The largest absolute Gasteiger partial charge is 0.477 e. The van der Waals surface area contributed by atoms with Crippen LogP contribution < -0.4 is 16.0 Å². The Morgan fingerprint density at radius 3 is 2.81 bits per heavy atom. The Hall–Kier alpha value is -1.36. The Balaban J connectivity index is 2.47. The quantitative estimate of drug-likeness (QED) is 0.438. The summed E-state index contributed by atoms with van der Waals surface area (Å²) in [4.78, 5) is 8.06. The van der Waals surface area contributed by atoms with Crippen LogP contribution in [0.15, 0.2) is 6.33 Å². The molecule has 1 aromatic rings. The average molecular weight is 224 g/mol. The molecule has 16 heavy (non-hydrogen) atoms. The Bertz CT molecular complexity index is 328. The number of hydrazine groups is 1. The smallest absolute Gasteiger partial charge is 0.221 e. The monoisotopic (exact) mass is 224 g/mol. The highest BCUT2D eigenvalue weighted by atomic mass is 16.5. The lowest BCUT2D eigenvalue weighted by Gasteiger charge is -2.10. The van der Waals surface area contributed by atoms with Gasteiger partial charge in [0.2, 0.25) is 5.88 Å². The summed E-state index contributed by atoms with van der Waals surface area (Å²) in [6.07, 6.45) is 3.64. The number of anilines is 1. The molecule has 0 amide bonds. The third-order valence-electron chi connectivity index (χ3n) is 2.34. The van der Waals surface area contributed by atoms with Gasteiger partial charge in [0.1, 0.15) is 12.1 Å². The van der Waals surface area contributed by atoms with Gasteiger partial charge in [0.25, 0.3) is 0 Å². The molecule has 0 radical (unpaired) electrons. The SMILES string of the molecule is Cc1c(NN)ncnc1OCCCC(C)C. The van der Waals surface area contributed by atoms with Gasteiger partial charge in [-0.1, -0.05) is 13.8 Å². The van der Waals surface area contributed by atoms with Gasteiger partial charge in [0.05, 0.1) is 12.2 Å². The minimum atomic E-state index is 0.603. The molecule has 5 heteroatoms. The van der Waals surface area contributed by atoms with Crippen molar-refractivity contribution in [2.24, 2.45) is 11.8 Å². The van der Waals surface area contributed by atoms with Gasteiger partial charge < -0.3 is 10.2 Å². The standard InChI is InChI=1S/C11H20N4O/c1-8(2)5-4-6-16-11-9(3)10(15-12)13-7-14-11/h7-8H,4-6,12H2,1-3H3,(H,13,14,15). The fraction of sp³-hybridized carbons (Fsp3) is 0.636. The summed E-state index contributed by atoms with van der Waals surface area (Å²) in [5, 5.41) is 0. The molecule has 0 atom stereocenters. The van der Waals surface area contributed by atoms with Crippen molar-refractivity contribution in [3.63, 3.8) is 0 Å². The summed E-state index contributed by atoms with van der Waals surface area (Å²) >= 11 is 0. The van der Waals surface area contributed by atoms with Crippen molar-refractivity contribution in [2.45, 2.75) is 33.6 Å². The Labute approximate surface area is 96.4 Å². The molecule has 1 aromatic heterocycles. The topological polar surface area (TPSA) is 73.1 Å². The maximum Gasteiger partial charge on any atom is 0.221 e. The summed E-state index contributed by atoms with van der Waals surface area (Å²) in [7, 11) is 0. The highest BCUT2D eigenvalue weighted by molar-refractivity contribution is 5.46. The van der Waals surface area contributed by atoms with Crippen molar-refractivity contribution in [1.82, 2.24) is 9.97 Å². The zero-order valence-corrected chi connectivity index (χ0v) is 10.2. The molecule has 0 aliphatic rings. The Morgan fingerprint density at radius 2 is 2.19 bits per heavy atom. The van der Waals surface area contributed by atoms with E-state index in [-0.39, 0.29) is 0 Å². The second-order valence-electron chi connectivity index (χ2n) is 4.18. The molecule has 0 fully saturated rings. The van der Waals surface area contributed by atoms with E-state index < -0.39 is 0 Å². The third kappa shape index (κ3) is 3.66. The van der Waals surface area contributed by atoms with Crippen LogP contribution in [0.3, 0.4) is 0 Å². The molecular weight excluding hydrogens is 204 g/mol. The first kappa shape index (κ1) is 12.7. The number of hydrogen-bond acceptors (Lipinski definition) is 5. The van der Waals surface area contributed by atoms with Gasteiger partial charge in [0.15, 0.2) is 0 Å². The lowest BCUT2D eigenvalue weighted by molar-refractivity contribution is 0.285. The molecule has 0 aromatic carbocycles. The maximum atomic E-state index is 5.58. The van der Waals surface area contributed by atoms with Gasteiger partial charge in [-0.05, 0) is 25.7 Å². The first-order valence-electron chi connectivity index (χ1n) is 5.56. The third-order valence-corrected chi connectivity index (χ3v) is 2.34. The van der Waals surface area contributed by atoms with E-state index in [1.807, 2.05) is 6.92 Å². The molecule has 1 rings (SSSR count). The fourth-order valence-electron chi connectivity index (χ4n) is 1.39. The lowest BCUT2D eigenvalue weighted by atomic mass is 10.1. The van der Waals surface area contributed by atoms with Crippen LogP contribution in [0.1, 0.15) is 32.3 Å². The van der Waals surface area contributed by atoms with Crippen LogP contribution in [0.4, 0.5) is 5.82 Å². The molecule has 0 saturated carbocycles. The van der Waals surface area contributed by atoms with Crippen molar-refractivity contribution >= 4 is 5.82 Å². The van der Waals surface area contributed by atoms with Crippen LogP contribution >= 0.6 is 0 Å². The van der Waals surface area contributed by atoms with Crippen molar-refractivity contribution < 1.29 is 4.74 Å². The van der Waals surface area contributed by atoms with Crippen molar-refractivity contribution in [3.05, 3.63) is 11.9 Å². The van der Waals surface area contributed by atoms with Gasteiger partial charge in [-0.3, -0.25) is 0 Å². The highest BCUT2D eigenvalue weighted by Crippen LogP contribution is 2.19. The van der Waals surface area contributed by atoms with E-state index in [0.717, 1.165) is 18.4 Å². The zero-order valence-electron chi connectivity index (χ0n) is 10.2. The zero-order chi connectivity index (χ0) is 12.0. The summed E-state index contributed by atoms with van der Waals surface area (Å²) in [6.45, 7) is 6.96. The summed E-state index contributed by atoms with van der Waals surface area (Å²) in [5.74, 6) is 7.23. The number of rotatable bonds is 6. The molecular formula is C11H20N4O. The predicted octanol–water partition coefficient (Wildman–Crippen LogP) is 1.89.